The maximum Gasteiger partial charge on any atom is 0.227 e. The number of amides is 2. The van der Waals surface area contributed by atoms with E-state index >= 15 is 0 Å². The fourth-order valence-corrected chi connectivity index (χ4v) is 4.16. The molecule has 7 heteroatoms. The molecule has 31 heavy (non-hydrogen) atoms. The highest BCUT2D eigenvalue weighted by Gasteiger charge is 2.29. The molecule has 168 valence electrons. The van der Waals surface area contributed by atoms with Crippen LogP contribution in [0.1, 0.15) is 56.5 Å². The monoisotopic (exact) mass is 426 g/mol. The van der Waals surface area contributed by atoms with Crippen LogP contribution in [0, 0.1) is 12.8 Å². The van der Waals surface area contributed by atoms with Crippen LogP contribution in [-0.4, -0.2) is 57.4 Å². The Morgan fingerprint density at radius 3 is 2.77 bits per heavy atom. The molecule has 1 fully saturated rings. The fraction of sp³-hybridized carbons (Fsp3) is 0.583. The summed E-state index contributed by atoms with van der Waals surface area (Å²) in [7, 11) is 0. The van der Waals surface area contributed by atoms with Crippen molar-refractivity contribution in [3.63, 3.8) is 0 Å². The maximum absolute atomic E-state index is 12.9. The van der Waals surface area contributed by atoms with E-state index in [1.807, 2.05) is 41.0 Å². The van der Waals surface area contributed by atoms with Crippen LogP contribution in [0.4, 0.5) is 0 Å². The molecule has 0 radical (unpaired) electrons. The molecule has 1 unspecified atom stereocenters. The summed E-state index contributed by atoms with van der Waals surface area (Å²) in [6, 6.07) is 8.02. The molecule has 2 heterocycles. The highest BCUT2D eigenvalue weighted by atomic mass is 16.5. The zero-order valence-electron chi connectivity index (χ0n) is 19.1. The van der Waals surface area contributed by atoms with Gasteiger partial charge in [-0.15, -0.1) is 0 Å². The smallest absolute Gasteiger partial charge is 0.227 e. The summed E-state index contributed by atoms with van der Waals surface area (Å²) in [5, 5.41) is 4.06. The first-order valence-electron chi connectivity index (χ1n) is 11.2. The van der Waals surface area contributed by atoms with Gasteiger partial charge >= 0.3 is 0 Å². The van der Waals surface area contributed by atoms with Crippen molar-refractivity contribution >= 4 is 11.8 Å². The summed E-state index contributed by atoms with van der Waals surface area (Å²) in [6.07, 6.45) is 3.51. The molecule has 1 aromatic heterocycles. The zero-order chi connectivity index (χ0) is 22.4. The zero-order valence-corrected chi connectivity index (χ0v) is 19.1. The number of hydrogen-bond donors (Lipinski definition) is 0. The van der Waals surface area contributed by atoms with Gasteiger partial charge in [-0.05, 0) is 36.8 Å². The van der Waals surface area contributed by atoms with Gasteiger partial charge < -0.3 is 14.3 Å². The Morgan fingerprint density at radius 1 is 1.29 bits per heavy atom. The van der Waals surface area contributed by atoms with Gasteiger partial charge in [0.05, 0.1) is 6.42 Å². The van der Waals surface area contributed by atoms with Crippen molar-refractivity contribution in [2.45, 2.75) is 65.8 Å². The van der Waals surface area contributed by atoms with Crippen LogP contribution in [0.25, 0.3) is 0 Å². The van der Waals surface area contributed by atoms with Crippen molar-refractivity contribution in [2.75, 3.05) is 19.6 Å². The van der Waals surface area contributed by atoms with Gasteiger partial charge in [-0.3, -0.25) is 9.59 Å². The lowest BCUT2D eigenvalue weighted by Gasteiger charge is -2.39. The molecule has 3 rings (SSSR count). The second-order valence-corrected chi connectivity index (χ2v) is 8.90. The summed E-state index contributed by atoms with van der Waals surface area (Å²) in [5.41, 5.74) is 2.19. The quantitative estimate of drug-likeness (QED) is 0.648. The van der Waals surface area contributed by atoms with Crippen molar-refractivity contribution in [3.8, 4) is 0 Å². The number of carbonyl (C=O) groups is 2. The minimum Gasteiger partial charge on any atom is -0.340 e. The normalized spacial score (nSPS) is 16.5. The van der Waals surface area contributed by atoms with E-state index in [-0.39, 0.29) is 17.9 Å². The number of benzene rings is 1. The third-order valence-electron chi connectivity index (χ3n) is 5.87. The van der Waals surface area contributed by atoms with Crippen LogP contribution in [0.5, 0.6) is 0 Å². The first-order chi connectivity index (χ1) is 14.8. The number of rotatable bonds is 8. The lowest BCUT2D eigenvalue weighted by molar-refractivity contribution is -0.138. The van der Waals surface area contributed by atoms with Crippen molar-refractivity contribution in [2.24, 2.45) is 5.92 Å². The van der Waals surface area contributed by atoms with Gasteiger partial charge in [0.15, 0.2) is 5.82 Å². The summed E-state index contributed by atoms with van der Waals surface area (Å²) < 4.78 is 5.31. The SMILES string of the molecule is CC(=O)N(CCc1noc(CC(C)C)n1)C1CCCN(C(=O)Cc2ccccc2C)C1. The lowest BCUT2D eigenvalue weighted by atomic mass is 10.0. The van der Waals surface area contributed by atoms with Crippen molar-refractivity contribution in [1.29, 1.82) is 0 Å². The summed E-state index contributed by atoms with van der Waals surface area (Å²) in [6.45, 7) is 9.69. The number of aryl methyl sites for hydroxylation is 1. The Bertz CT molecular complexity index is 892. The molecule has 2 aromatic rings. The molecule has 0 aliphatic carbocycles. The Kier molecular flexibility index (Phi) is 7.82. The van der Waals surface area contributed by atoms with Crippen LogP contribution in [0.15, 0.2) is 28.8 Å². The molecule has 1 saturated heterocycles. The predicted molar refractivity (Wildman–Crippen MR) is 118 cm³/mol. The fourth-order valence-electron chi connectivity index (χ4n) is 4.16. The minimum atomic E-state index is 0.0177. The van der Waals surface area contributed by atoms with E-state index in [1.165, 1.54) is 0 Å². The van der Waals surface area contributed by atoms with Gasteiger partial charge in [0, 0.05) is 45.4 Å². The highest BCUT2D eigenvalue weighted by molar-refractivity contribution is 5.79. The molecule has 0 spiro atoms. The number of carbonyl (C=O) groups excluding carboxylic acids is 2. The maximum atomic E-state index is 12.9. The van der Waals surface area contributed by atoms with Crippen molar-refractivity contribution < 1.29 is 14.1 Å². The number of likely N-dealkylation sites (tertiary alicyclic amines) is 1. The second kappa shape index (κ2) is 10.6. The van der Waals surface area contributed by atoms with Gasteiger partial charge in [0.1, 0.15) is 0 Å². The molecule has 0 bridgehead atoms. The lowest BCUT2D eigenvalue weighted by Crippen LogP contribution is -2.52. The van der Waals surface area contributed by atoms with Gasteiger partial charge in [-0.25, -0.2) is 0 Å². The first kappa shape index (κ1) is 23.0. The predicted octanol–water partition coefficient (Wildman–Crippen LogP) is 3.20. The molecular weight excluding hydrogens is 392 g/mol. The third kappa shape index (κ3) is 6.39. The van der Waals surface area contributed by atoms with E-state index in [0.29, 0.717) is 43.6 Å². The molecule has 0 N–H and O–H groups in total. The highest BCUT2D eigenvalue weighted by Crippen LogP contribution is 2.19. The van der Waals surface area contributed by atoms with E-state index in [0.717, 1.165) is 36.9 Å². The van der Waals surface area contributed by atoms with Gasteiger partial charge in [-0.2, -0.15) is 4.98 Å². The second-order valence-electron chi connectivity index (χ2n) is 8.90. The number of aromatic nitrogens is 2. The van der Waals surface area contributed by atoms with Gasteiger partial charge in [0.2, 0.25) is 17.7 Å². The molecule has 0 saturated carbocycles. The molecular formula is C24H34N4O3. The number of hydrogen-bond acceptors (Lipinski definition) is 5. The van der Waals surface area contributed by atoms with E-state index < -0.39 is 0 Å². The van der Waals surface area contributed by atoms with E-state index in [2.05, 4.69) is 24.0 Å². The standard InChI is InChI=1S/C24H34N4O3/c1-17(2)14-23-25-22(26-31-23)11-13-28(19(4)29)21-10-7-12-27(16-21)24(30)15-20-9-6-5-8-18(20)3/h5-6,8-9,17,21H,7,10-16H2,1-4H3. The topological polar surface area (TPSA) is 79.5 Å². The van der Waals surface area contributed by atoms with Crippen molar-refractivity contribution in [1.82, 2.24) is 19.9 Å². The number of nitrogens with zero attached hydrogens (tertiary/aromatic N) is 4. The Balaban J connectivity index is 1.59. The molecule has 2 amide bonds. The van der Waals surface area contributed by atoms with Crippen LogP contribution >= 0.6 is 0 Å². The average Bonchev–Trinajstić information content (AvgIpc) is 3.16. The Morgan fingerprint density at radius 2 is 2.06 bits per heavy atom. The van der Waals surface area contributed by atoms with E-state index in [1.54, 1.807) is 6.92 Å². The van der Waals surface area contributed by atoms with Crippen molar-refractivity contribution in [3.05, 3.63) is 47.1 Å². The van der Waals surface area contributed by atoms with Crippen LogP contribution < -0.4 is 0 Å². The Labute approximate surface area is 184 Å². The minimum absolute atomic E-state index is 0.0177. The largest absolute Gasteiger partial charge is 0.340 e. The first-order valence-corrected chi connectivity index (χ1v) is 11.2. The van der Waals surface area contributed by atoms with Crippen LogP contribution in [0.3, 0.4) is 0 Å². The molecule has 1 atom stereocenters. The van der Waals surface area contributed by atoms with Crippen LogP contribution in [-0.2, 0) is 28.9 Å². The van der Waals surface area contributed by atoms with Gasteiger partial charge in [-0.1, -0.05) is 43.3 Å². The molecule has 1 aliphatic heterocycles. The Hall–Kier alpha value is -2.70. The third-order valence-corrected chi connectivity index (χ3v) is 5.87. The molecule has 1 aromatic carbocycles. The number of piperidine rings is 1. The summed E-state index contributed by atoms with van der Waals surface area (Å²) in [5.74, 6) is 1.87. The molecule has 7 nitrogen and oxygen atoms in total. The van der Waals surface area contributed by atoms with E-state index in [9.17, 15) is 9.59 Å². The molecule has 1 aliphatic rings. The van der Waals surface area contributed by atoms with Crippen LogP contribution in [0.2, 0.25) is 0 Å². The summed E-state index contributed by atoms with van der Waals surface area (Å²) in [4.78, 5) is 33.5. The van der Waals surface area contributed by atoms with E-state index in [4.69, 9.17) is 4.52 Å². The van der Waals surface area contributed by atoms with Gasteiger partial charge in [0.25, 0.3) is 0 Å². The summed E-state index contributed by atoms with van der Waals surface area (Å²) >= 11 is 0. The average molecular weight is 427 g/mol.